The zero-order valence-electron chi connectivity index (χ0n) is 23.5. The van der Waals surface area contributed by atoms with Crippen molar-refractivity contribution in [3.8, 4) is 0 Å². The van der Waals surface area contributed by atoms with Crippen molar-refractivity contribution in [2.75, 3.05) is 13.2 Å². The highest BCUT2D eigenvalue weighted by Crippen LogP contribution is 2.36. The van der Waals surface area contributed by atoms with Gasteiger partial charge in [0.2, 0.25) is 5.76 Å². The molecule has 0 saturated carbocycles. The van der Waals surface area contributed by atoms with Gasteiger partial charge in [0.1, 0.15) is 12.3 Å². The summed E-state index contributed by atoms with van der Waals surface area (Å²) in [6.07, 6.45) is 14.2. The Kier molecular flexibility index (Phi) is 13.9. The Hall–Kier alpha value is -2.70. The third-order valence-corrected chi connectivity index (χ3v) is 6.74. The lowest BCUT2D eigenvalue weighted by Gasteiger charge is -2.34. The minimum absolute atomic E-state index is 0.381. The van der Waals surface area contributed by atoms with Gasteiger partial charge in [0, 0.05) is 5.56 Å². The number of rotatable bonds is 20. The molecule has 1 N–H and O–H groups in total. The minimum atomic E-state index is -1.40. The van der Waals surface area contributed by atoms with Crippen molar-refractivity contribution in [3.63, 3.8) is 0 Å². The fourth-order valence-electron chi connectivity index (χ4n) is 4.50. The highest BCUT2D eigenvalue weighted by atomic mass is 16.7. The number of hydrogen-bond acceptors (Lipinski definition) is 6. The Balaban J connectivity index is 1.79. The lowest BCUT2D eigenvalue weighted by molar-refractivity contribution is -0.235. The van der Waals surface area contributed by atoms with Gasteiger partial charge >= 0.3 is 5.91 Å². The second kappa shape index (κ2) is 17.7. The molecule has 0 unspecified atom stereocenters. The molecule has 1 aliphatic heterocycles. The molecule has 2 aromatic carbocycles. The molecular formula is C32H47N3O3. The van der Waals surface area contributed by atoms with Crippen molar-refractivity contribution < 1.29 is 14.2 Å². The van der Waals surface area contributed by atoms with E-state index >= 15 is 0 Å². The molecule has 0 aliphatic carbocycles. The summed E-state index contributed by atoms with van der Waals surface area (Å²) in [6, 6.07) is 20.2. The molecule has 1 heterocycles. The van der Waals surface area contributed by atoms with Gasteiger partial charge in [-0.25, -0.2) is 0 Å². The van der Waals surface area contributed by atoms with Gasteiger partial charge in [-0.05, 0) is 18.4 Å². The minimum Gasteiger partial charge on any atom is -0.484 e. The Morgan fingerprint density at radius 1 is 0.658 bits per heavy atom. The summed E-state index contributed by atoms with van der Waals surface area (Å²) >= 11 is 0. The predicted octanol–water partition coefficient (Wildman–Crippen LogP) is 8.95. The van der Waals surface area contributed by atoms with E-state index in [1.165, 1.54) is 51.4 Å². The van der Waals surface area contributed by atoms with Crippen LogP contribution in [0.5, 0.6) is 0 Å². The zero-order chi connectivity index (χ0) is 26.7. The van der Waals surface area contributed by atoms with Gasteiger partial charge in [0.15, 0.2) is 0 Å². The predicted molar refractivity (Wildman–Crippen MR) is 154 cm³/mol. The molecule has 0 bridgehead atoms. The number of nitrogens with one attached hydrogen (secondary N) is 1. The van der Waals surface area contributed by atoms with Crippen LogP contribution < -0.4 is 5.43 Å². The summed E-state index contributed by atoms with van der Waals surface area (Å²) in [5, 5.41) is 8.77. The van der Waals surface area contributed by atoms with Crippen molar-refractivity contribution in [2.24, 2.45) is 10.3 Å². The maximum Gasteiger partial charge on any atom is 0.352 e. The van der Waals surface area contributed by atoms with Gasteiger partial charge in [-0.15, -0.1) is 0 Å². The quantitative estimate of drug-likeness (QED) is 0.139. The van der Waals surface area contributed by atoms with E-state index in [0.29, 0.717) is 25.6 Å². The van der Waals surface area contributed by atoms with Crippen LogP contribution in [-0.2, 0) is 20.8 Å². The van der Waals surface area contributed by atoms with Gasteiger partial charge in [0.25, 0.3) is 0 Å². The SMILES string of the molecule is CCCCCCCCOC1(OCCCCCCCC)N=NNC(c2ccccc2)=C1OCc1ccccc1. The lowest BCUT2D eigenvalue weighted by atomic mass is 10.1. The van der Waals surface area contributed by atoms with E-state index in [1.54, 1.807) is 0 Å². The monoisotopic (exact) mass is 521 g/mol. The number of nitrogens with zero attached hydrogens (tertiary/aromatic N) is 2. The van der Waals surface area contributed by atoms with Gasteiger partial charge in [0.05, 0.1) is 13.2 Å². The molecule has 2 aromatic rings. The standard InChI is InChI=1S/C32H47N3O3/c1-3-5-7-9-11-19-25-37-32(38-26-20-12-10-8-6-4-2)31(36-27-28-21-15-13-16-22-28)30(33-35-34-32)29-23-17-14-18-24-29/h13-18,21-24H,3-12,19-20,25-27H2,1-2H3,(H,33,34). The molecule has 6 nitrogen and oxygen atoms in total. The van der Waals surface area contributed by atoms with E-state index in [1.807, 2.05) is 48.5 Å². The second-order valence-corrected chi connectivity index (χ2v) is 9.97. The highest BCUT2D eigenvalue weighted by Gasteiger charge is 2.44. The van der Waals surface area contributed by atoms with Crippen molar-refractivity contribution >= 4 is 5.70 Å². The van der Waals surface area contributed by atoms with E-state index in [-0.39, 0.29) is 0 Å². The summed E-state index contributed by atoms with van der Waals surface area (Å²) < 4.78 is 19.4. The fourth-order valence-corrected chi connectivity index (χ4v) is 4.50. The maximum atomic E-state index is 6.49. The Bertz CT molecular complexity index is 929. The molecule has 0 radical (unpaired) electrons. The summed E-state index contributed by atoms with van der Waals surface area (Å²) in [5.74, 6) is -0.877. The molecule has 1 aliphatic rings. The molecule has 3 rings (SSSR count). The average molecular weight is 522 g/mol. The Morgan fingerprint density at radius 3 is 1.76 bits per heavy atom. The molecule has 6 heteroatoms. The lowest BCUT2D eigenvalue weighted by Crippen LogP contribution is -2.42. The van der Waals surface area contributed by atoms with E-state index in [4.69, 9.17) is 14.2 Å². The molecule has 0 saturated heterocycles. The molecular weight excluding hydrogens is 474 g/mol. The van der Waals surface area contributed by atoms with Crippen molar-refractivity contribution in [2.45, 2.75) is 103 Å². The summed E-state index contributed by atoms with van der Waals surface area (Å²) in [6.45, 7) is 5.92. The first-order valence-electron chi connectivity index (χ1n) is 14.7. The van der Waals surface area contributed by atoms with Gasteiger partial charge in [-0.2, -0.15) is 0 Å². The van der Waals surface area contributed by atoms with Crippen LogP contribution in [0.4, 0.5) is 0 Å². The van der Waals surface area contributed by atoms with Gasteiger partial charge in [-0.3, -0.25) is 5.43 Å². The molecule has 208 valence electrons. The van der Waals surface area contributed by atoms with Crippen LogP contribution in [0.15, 0.2) is 76.8 Å². The smallest absolute Gasteiger partial charge is 0.352 e. The normalized spacial score (nSPS) is 14.5. The third-order valence-electron chi connectivity index (χ3n) is 6.74. The number of unbranched alkanes of at least 4 members (excludes halogenated alkanes) is 10. The van der Waals surface area contributed by atoms with Crippen LogP contribution >= 0.6 is 0 Å². The van der Waals surface area contributed by atoms with Gasteiger partial charge < -0.3 is 14.2 Å². The first-order valence-corrected chi connectivity index (χ1v) is 14.7. The van der Waals surface area contributed by atoms with Crippen LogP contribution in [0.25, 0.3) is 5.70 Å². The average Bonchev–Trinajstić information content (AvgIpc) is 2.96. The summed E-state index contributed by atoms with van der Waals surface area (Å²) in [7, 11) is 0. The molecule has 0 aromatic heterocycles. The van der Waals surface area contributed by atoms with Crippen LogP contribution in [0.2, 0.25) is 0 Å². The zero-order valence-corrected chi connectivity index (χ0v) is 23.5. The fraction of sp³-hybridized carbons (Fsp3) is 0.562. The van der Waals surface area contributed by atoms with Crippen molar-refractivity contribution in [1.29, 1.82) is 0 Å². The second-order valence-electron chi connectivity index (χ2n) is 9.97. The van der Waals surface area contributed by atoms with Gasteiger partial charge in [-0.1, -0.05) is 149 Å². The topological polar surface area (TPSA) is 64.4 Å². The van der Waals surface area contributed by atoms with Crippen molar-refractivity contribution in [3.05, 3.63) is 77.5 Å². The Morgan fingerprint density at radius 2 is 1.18 bits per heavy atom. The molecule has 0 amide bonds. The summed E-state index contributed by atoms with van der Waals surface area (Å²) in [5.41, 5.74) is 5.82. The number of ether oxygens (including phenoxy) is 3. The largest absolute Gasteiger partial charge is 0.484 e. The first kappa shape index (κ1) is 29.9. The van der Waals surface area contributed by atoms with E-state index in [0.717, 1.165) is 42.5 Å². The molecule has 0 atom stereocenters. The van der Waals surface area contributed by atoms with Crippen molar-refractivity contribution in [1.82, 2.24) is 5.43 Å². The van der Waals surface area contributed by atoms with E-state index < -0.39 is 5.91 Å². The third kappa shape index (κ3) is 9.88. The maximum absolute atomic E-state index is 6.49. The van der Waals surface area contributed by atoms with Crippen LogP contribution in [0.3, 0.4) is 0 Å². The van der Waals surface area contributed by atoms with E-state index in [2.05, 4.69) is 41.7 Å². The number of hydrogen-bond donors (Lipinski definition) is 1. The highest BCUT2D eigenvalue weighted by molar-refractivity contribution is 5.67. The van der Waals surface area contributed by atoms with Crippen LogP contribution in [0, 0.1) is 0 Å². The number of benzene rings is 2. The molecule has 0 spiro atoms. The van der Waals surface area contributed by atoms with E-state index in [9.17, 15) is 0 Å². The van der Waals surface area contributed by atoms with Crippen LogP contribution in [-0.4, -0.2) is 19.1 Å². The summed E-state index contributed by atoms with van der Waals surface area (Å²) in [4.78, 5) is 0. The molecule has 0 fully saturated rings. The Labute approximate surface area is 229 Å². The first-order chi connectivity index (χ1) is 18.8. The van der Waals surface area contributed by atoms with Crippen LogP contribution in [0.1, 0.15) is 102 Å². The molecule has 38 heavy (non-hydrogen) atoms.